The number of aryl methyl sites for hydroxylation is 1. The van der Waals surface area contributed by atoms with Gasteiger partial charge in [-0.1, -0.05) is 12.5 Å². The molecular formula is C12H17NOS. The zero-order chi connectivity index (χ0) is 10.5. The van der Waals surface area contributed by atoms with Gasteiger partial charge < -0.3 is 5.32 Å². The second-order valence-corrected chi connectivity index (χ2v) is 5.21. The summed E-state index contributed by atoms with van der Waals surface area (Å²) in [6.07, 6.45) is 5.45. The van der Waals surface area contributed by atoms with E-state index in [1.165, 1.54) is 24.1 Å². The normalized spacial score (nSPS) is 16.0. The van der Waals surface area contributed by atoms with Crippen molar-refractivity contribution in [3.05, 3.63) is 22.4 Å². The summed E-state index contributed by atoms with van der Waals surface area (Å²) >= 11 is 1.72. The second-order valence-electron chi connectivity index (χ2n) is 4.18. The average Bonchev–Trinajstić information content (AvgIpc) is 2.64. The monoisotopic (exact) mass is 223 g/mol. The predicted molar refractivity (Wildman–Crippen MR) is 63.0 cm³/mol. The van der Waals surface area contributed by atoms with E-state index in [-0.39, 0.29) is 5.91 Å². The first-order chi connectivity index (χ1) is 7.34. The van der Waals surface area contributed by atoms with E-state index in [0.29, 0.717) is 6.42 Å². The van der Waals surface area contributed by atoms with Gasteiger partial charge in [0, 0.05) is 17.8 Å². The van der Waals surface area contributed by atoms with E-state index in [4.69, 9.17) is 0 Å². The van der Waals surface area contributed by atoms with Gasteiger partial charge in [-0.2, -0.15) is 0 Å². The number of carbonyl (C=O) groups excluding carboxylic acids is 1. The first kappa shape index (κ1) is 10.7. The fourth-order valence-corrected chi connectivity index (χ4v) is 2.44. The Morgan fingerprint density at radius 3 is 3.00 bits per heavy atom. The molecule has 1 aromatic heterocycles. The molecule has 0 bridgehead atoms. The van der Waals surface area contributed by atoms with Gasteiger partial charge in [0.25, 0.3) is 0 Å². The van der Waals surface area contributed by atoms with Gasteiger partial charge in [0.2, 0.25) is 5.91 Å². The van der Waals surface area contributed by atoms with Crippen LogP contribution in [0.2, 0.25) is 0 Å². The highest BCUT2D eigenvalue weighted by molar-refractivity contribution is 7.09. The molecule has 3 heteroatoms. The minimum Gasteiger partial charge on any atom is -0.356 e. The van der Waals surface area contributed by atoms with Crippen molar-refractivity contribution < 1.29 is 4.79 Å². The smallest absolute Gasteiger partial charge is 0.220 e. The fraction of sp³-hybridized carbons (Fsp3) is 0.583. The van der Waals surface area contributed by atoms with Crippen molar-refractivity contribution in [3.63, 3.8) is 0 Å². The van der Waals surface area contributed by atoms with Gasteiger partial charge in [0.05, 0.1) is 0 Å². The molecule has 0 aliphatic heterocycles. The van der Waals surface area contributed by atoms with Crippen LogP contribution in [-0.2, 0) is 11.2 Å². The zero-order valence-corrected chi connectivity index (χ0v) is 9.69. The van der Waals surface area contributed by atoms with Gasteiger partial charge in [-0.15, -0.1) is 11.3 Å². The standard InChI is InChI=1S/C12H17NOS/c14-12(13-9-10-3-1-4-10)7-6-11-5-2-8-15-11/h2,5,8,10H,1,3-4,6-7,9H2,(H,13,14). The number of rotatable bonds is 5. The Morgan fingerprint density at radius 2 is 2.40 bits per heavy atom. The van der Waals surface area contributed by atoms with E-state index in [9.17, 15) is 4.79 Å². The van der Waals surface area contributed by atoms with Crippen LogP contribution in [0.15, 0.2) is 17.5 Å². The lowest BCUT2D eigenvalue weighted by Crippen LogP contribution is -2.32. The zero-order valence-electron chi connectivity index (χ0n) is 8.87. The van der Waals surface area contributed by atoms with Crippen molar-refractivity contribution in [2.75, 3.05) is 6.54 Å². The molecule has 82 valence electrons. The molecule has 1 N–H and O–H groups in total. The van der Waals surface area contributed by atoms with E-state index in [1.807, 2.05) is 6.07 Å². The number of hydrogen-bond donors (Lipinski definition) is 1. The molecule has 0 radical (unpaired) electrons. The summed E-state index contributed by atoms with van der Waals surface area (Å²) in [5, 5.41) is 5.07. The van der Waals surface area contributed by atoms with E-state index >= 15 is 0 Å². The average molecular weight is 223 g/mol. The van der Waals surface area contributed by atoms with Crippen LogP contribution in [0.1, 0.15) is 30.6 Å². The van der Waals surface area contributed by atoms with E-state index in [2.05, 4.69) is 16.8 Å². The molecule has 0 aromatic carbocycles. The maximum absolute atomic E-state index is 11.5. The number of carbonyl (C=O) groups is 1. The maximum Gasteiger partial charge on any atom is 0.220 e. The lowest BCUT2D eigenvalue weighted by molar-refractivity contribution is -0.121. The summed E-state index contributed by atoms with van der Waals surface area (Å²) in [4.78, 5) is 12.8. The van der Waals surface area contributed by atoms with Crippen LogP contribution >= 0.6 is 11.3 Å². The van der Waals surface area contributed by atoms with Gasteiger partial charge in [0.15, 0.2) is 0 Å². The lowest BCUT2D eigenvalue weighted by atomic mass is 9.85. The Balaban J connectivity index is 1.60. The van der Waals surface area contributed by atoms with Crippen molar-refractivity contribution in [1.82, 2.24) is 5.32 Å². The van der Waals surface area contributed by atoms with Crippen molar-refractivity contribution in [2.24, 2.45) is 5.92 Å². The summed E-state index contributed by atoms with van der Waals surface area (Å²) in [6.45, 7) is 0.892. The minimum absolute atomic E-state index is 0.204. The highest BCUT2D eigenvalue weighted by atomic mass is 32.1. The first-order valence-electron chi connectivity index (χ1n) is 5.63. The van der Waals surface area contributed by atoms with Crippen LogP contribution in [0, 0.1) is 5.92 Å². The topological polar surface area (TPSA) is 29.1 Å². The third kappa shape index (κ3) is 3.34. The molecule has 0 saturated heterocycles. The Labute approximate surface area is 94.7 Å². The van der Waals surface area contributed by atoms with Crippen LogP contribution in [0.3, 0.4) is 0 Å². The van der Waals surface area contributed by atoms with Crippen molar-refractivity contribution in [3.8, 4) is 0 Å². The van der Waals surface area contributed by atoms with E-state index in [0.717, 1.165) is 18.9 Å². The first-order valence-corrected chi connectivity index (χ1v) is 6.51. The molecule has 1 aromatic rings. The molecule has 1 heterocycles. The fourth-order valence-electron chi connectivity index (χ4n) is 1.74. The molecular weight excluding hydrogens is 206 g/mol. The molecule has 1 saturated carbocycles. The number of nitrogens with one attached hydrogen (secondary N) is 1. The second kappa shape index (κ2) is 5.31. The largest absolute Gasteiger partial charge is 0.356 e. The maximum atomic E-state index is 11.5. The van der Waals surface area contributed by atoms with E-state index < -0.39 is 0 Å². The highest BCUT2D eigenvalue weighted by Crippen LogP contribution is 2.25. The molecule has 15 heavy (non-hydrogen) atoms. The molecule has 0 unspecified atom stereocenters. The Morgan fingerprint density at radius 1 is 1.53 bits per heavy atom. The summed E-state index contributed by atoms with van der Waals surface area (Å²) in [5.74, 6) is 0.964. The number of thiophene rings is 1. The molecule has 1 aliphatic rings. The number of hydrogen-bond acceptors (Lipinski definition) is 2. The molecule has 2 nitrogen and oxygen atoms in total. The van der Waals surface area contributed by atoms with Crippen molar-refractivity contribution in [1.29, 1.82) is 0 Å². The predicted octanol–water partition coefficient (Wildman–Crippen LogP) is 2.60. The molecule has 0 spiro atoms. The molecule has 1 aliphatic carbocycles. The Kier molecular flexibility index (Phi) is 3.78. The van der Waals surface area contributed by atoms with Crippen LogP contribution in [0.4, 0.5) is 0 Å². The minimum atomic E-state index is 0.204. The highest BCUT2D eigenvalue weighted by Gasteiger charge is 2.17. The molecule has 1 fully saturated rings. The van der Waals surface area contributed by atoms with Gasteiger partial charge in [-0.05, 0) is 36.6 Å². The summed E-state index contributed by atoms with van der Waals surface area (Å²) in [5.41, 5.74) is 0. The Hall–Kier alpha value is -0.830. The third-order valence-electron chi connectivity index (χ3n) is 2.99. The van der Waals surface area contributed by atoms with Crippen molar-refractivity contribution in [2.45, 2.75) is 32.1 Å². The van der Waals surface area contributed by atoms with Crippen LogP contribution in [-0.4, -0.2) is 12.5 Å². The summed E-state index contributed by atoms with van der Waals surface area (Å²) in [7, 11) is 0. The Bertz CT molecular complexity index is 303. The van der Waals surface area contributed by atoms with Crippen molar-refractivity contribution >= 4 is 17.2 Å². The van der Waals surface area contributed by atoms with Crippen LogP contribution < -0.4 is 5.32 Å². The van der Waals surface area contributed by atoms with Gasteiger partial charge in [-0.3, -0.25) is 4.79 Å². The lowest BCUT2D eigenvalue weighted by Gasteiger charge is -2.25. The van der Waals surface area contributed by atoms with Gasteiger partial charge in [-0.25, -0.2) is 0 Å². The summed E-state index contributed by atoms with van der Waals surface area (Å²) < 4.78 is 0. The van der Waals surface area contributed by atoms with E-state index in [1.54, 1.807) is 11.3 Å². The van der Waals surface area contributed by atoms with Crippen LogP contribution in [0.5, 0.6) is 0 Å². The quantitative estimate of drug-likeness (QED) is 0.816. The van der Waals surface area contributed by atoms with Crippen LogP contribution in [0.25, 0.3) is 0 Å². The van der Waals surface area contributed by atoms with Gasteiger partial charge >= 0.3 is 0 Å². The molecule has 0 atom stereocenters. The number of amides is 1. The molecule has 2 rings (SSSR count). The van der Waals surface area contributed by atoms with Gasteiger partial charge in [0.1, 0.15) is 0 Å². The third-order valence-corrected chi connectivity index (χ3v) is 3.93. The SMILES string of the molecule is O=C(CCc1cccs1)NCC1CCC1. The summed E-state index contributed by atoms with van der Waals surface area (Å²) in [6, 6.07) is 4.12. The molecule has 1 amide bonds.